The lowest BCUT2D eigenvalue weighted by molar-refractivity contribution is -0.133. The lowest BCUT2D eigenvalue weighted by atomic mass is 10.1. The molecule has 1 heterocycles. The molecule has 4 nitrogen and oxygen atoms in total. The Kier molecular flexibility index (Phi) is 5.50. The first-order chi connectivity index (χ1) is 15.8. The fourth-order valence-electron chi connectivity index (χ4n) is 3.82. The zero-order valence-corrected chi connectivity index (χ0v) is 17.5. The number of hydrogen-bond acceptors (Lipinski definition) is 3. The fourth-order valence-corrected chi connectivity index (χ4v) is 3.82. The molecule has 0 spiro atoms. The largest absolute Gasteiger partial charge is 0.426 e. The second-order valence-electron chi connectivity index (χ2n) is 7.66. The highest BCUT2D eigenvalue weighted by molar-refractivity contribution is 5.81. The van der Waals surface area contributed by atoms with Crippen molar-refractivity contribution in [3.05, 3.63) is 120 Å². The highest BCUT2D eigenvalue weighted by Crippen LogP contribution is 2.27. The fraction of sp³-hybridized carbons (Fsp3) is 0.0714. The number of esters is 1. The number of benzene rings is 4. The molecule has 0 atom stereocenters. The van der Waals surface area contributed by atoms with Gasteiger partial charge < -0.3 is 9.30 Å². The topological polar surface area (TPSA) is 44.1 Å². The van der Waals surface area contributed by atoms with Gasteiger partial charge in [-0.25, -0.2) is 4.98 Å². The van der Waals surface area contributed by atoms with Crippen molar-refractivity contribution in [1.82, 2.24) is 9.55 Å². The van der Waals surface area contributed by atoms with Crippen LogP contribution in [0.15, 0.2) is 109 Å². The smallest absolute Gasteiger partial charge is 0.315 e. The average molecular weight is 418 g/mol. The SMILES string of the molecule is O=C(Cc1ccccc1)Oc1ccc(-c2nc3ccccc3n2Cc2ccccc2)cc1. The van der Waals surface area contributed by atoms with Crippen molar-refractivity contribution in [2.75, 3.05) is 0 Å². The molecule has 5 rings (SSSR count). The molecular weight excluding hydrogens is 396 g/mol. The van der Waals surface area contributed by atoms with Crippen molar-refractivity contribution in [3.63, 3.8) is 0 Å². The maximum Gasteiger partial charge on any atom is 0.315 e. The van der Waals surface area contributed by atoms with Gasteiger partial charge in [0.25, 0.3) is 0 Å². The van der Waals surface area contributed by atoms with E-state index in [9.17, 15) is 4.79 Å². The van der Waals surface area contributed by atoms with Gasteiger partial charge in [0, 0.05) is 12.1 Å². The van der Waals surface area contributed by atoms with Gasteiger partial charge in [0.05, 0.1) is 17.5 Å². The molecule has 0 N–H and O–H groups in total. The highest BCUT2D eigenvalue weighted by Gasteiger charge is 2.13. The number of para-hydroxylation sites is 2. The zero-order chi connectivity index (χ0) is 21.8. The van der Waals surface area contributed by atoms with Crippen molar-refractivity contribution in [3.8, 4) is 17.1 Å². The van der Waals surface area contributed by atoms with E-state index < -0.39 is 0 Å². The van der Waals surface area contributed by atoms with E-state index >= 15 is 0 Å². The predicted octanol–water partition coefficient (Wildman–Crippen LogP) is 5.90. The molecule has 0 saturated carbocycles. The number of imidazole rings is 1. The van der Waals surface area contributed by atoms with Crippen LogP contribution in [0.1, 0.15) is 11.1 Å². The van der Waals surface area contributed by atoms with Crippen molar-refractivity contribution in [2.24, 2.45) is 0 Å². The van der Waals surface area contributed by atoms with Crippen LogP contribution in [0.2, 0.25) is 0 Å². The predicted molar refractivity (Wildman–Crippen MR) is 126 cm³/mol. The second-order valence-corrected chi connectivity index (χ2v) is 7.66. The maximum atomic E-state index is 12.3. The van der Waals surface area contributed by atoms with Crippen molar-refractivity contribution >= 4 is 17.0 Å². The van der Waals surface area contributed by atoms with E-state index in [0.717, 1.165) is 34.5 Å². The van der Waals surface area contributed by atoms with Gasteiger partial charge in [-0.3, -0.25) is 4.79 Å². The van der Waals surface area contributed by atoms with Crippen molar-refractivity contribution in [1.29, 1.82) is 0 Å². The van der Waals surface area contributed by atoms with Crippen molar-refractivity contribution in [2.45, 2.75) is 13.0 Å². The van der Waals surface area contributed by atoms with Crippen LogP contribution in [0.5, 0.6) is 5.75 Å². The Morgan fingerprint density at radius 1 is 0.719 bits per heavy atom. The minimum atomic E-state index is -0.278. The summed E-state index contributed by atoms with van der Waals surface area (Å²) in [5.74, 6) is 1.14. The minimum Gasteiger partial charge on any atom is -0.426 e. The summed E-state index contributed by atoms with van der Waals surface area (Å²) in [5, 5.41) is 0. The lowest BCUT2D eigenvalue weighted by Gasteiger charge is -2.10. The van der Waals surface area contributed by atoms with E-state index in [2.05, 4.69) is 22.8 Å². The number of hydrogen-bond donors (Lipinski definition) is 0. The summed E-state index contributed by atoms with van der Waals surface area (Å²) in [7, 11) is 0. The molecule has 4 heteroatoms. The Hall–Kier alpha value is -4.18. The van der Waals surface area contributed by atoms with Gasteiger partial charge in [0.15, 0.2) is 0 Å². The molecule has 1 aromatic heterocycles. The first-order valence-electron chi connectivity index (χ1n) is 10.6. The molecule has 0 aliphatic rings. The molecular formula is C28H22N2O2. The van der Waals surface area contributed by atoms with Crippen LogP contribution in [0.3, 0.4) is 0 Å². The van der Waals surface area contributed by atoms with Crippen LogP contribution in [0, 0.1) is 0 Å². The maximum absolute atomic E-state index is 12.3. The summed E-state index contributed by atoms with van der Waals surface area (Å²) in [5.41, 5.74) is 5.16. The molecule has 0 bridgehead atoms. The van der Waals surface area contributed by atoms with Gasteiger partial charge >= 0.3 is 5.97 Å². The Labute approximate surface area is 186 Å². The van der Waals surface area contributed by atoms with Crippen LogP contribution < -0.4 is 4.74 Å². The van der Waals surface area contributed by atoms with Crippen molar-refractivity contribution < 1.29 is 9.53 Å². The van der Waals surface area contributed by atoms with Gasteiger partial charge in [0.1, 0.15) is 11.6 Å². The molecule has 0 amide bonds. The first kappa shape index (κ1) is 19.8. The quantitative estimate of drug-likeness (QED) is 0.255. The summed E-state index contributed by atoms with van der Waals surface area (Å²) in [4.78, 5) is 17.2. The van der Waals surface area contributed by atoms with Crippen LogP contribution >= 0.6 is 0 Å². The van der Waals surface area contributed by atoms with Crippen LogP contribution in [-0.2, 0) is 17.8 Å². The standard InChI is InChI=1S/C28H22N2O2/c31-27(19-21-9-3-1-4-10-21)32-24-17-15-23(16-18-24)28-29-25-13-7-8-14-26(25)30(28)20-22-11-5-2-6-12-22/h1-18H,19-20H2. The second kappa shape index (κ2) is 8.90. The molecule has 0 saturated heterocycles. The molecule has 0 radical (unpaired) electrons. The van der Waals surface area contributed by atoms with Gasteiger partial charge in [-0.2, -0.15) is 0 Å². The summed E-state index contributed by atoms with van der Waals surface area (Å²) >= 11 is 0. The van der Waals surface area contributed by atoms with E-state index in [0.29, 0.717) is 5.75 Å². The molecule has 0 aliphatic carbocycles. The Balaban J connectivity index is 1.40. The number of carbonyl (C=O) groups excluding carboxylic acids is 1. The number of carbonyl (C=O) groups is 1. The molecule has 5 aromatic rings. The van der Waals surface area contributed by atoms with Gasteiger partial charge in [-0.1, -0.05) is 72.8 Å². The number of nitrogens with zero attached hydrogens (tertiary/aromatic N) is 2. The summed E-state index contributed by atoms with van der Waals surface area (Å²) in [6.45, 7) is 0.727. The molecule has 0 unspecified atom stereocenters. The number of aromatic nitrogens is 2. The molecule has 0 aliphatic heterocycles. The van der Waals surface area contributed by atoms with Crippen LogP contribution in [0.25, 0.3) is 22.4 Å². The molecule has 32 heavy (non-hydrogen) atoms. The number of fused-ring (bicyclic) bond motifs is 1. The van der Waals surface area contributed by atoms with E-state index in [-0.39, 0.29) is 12.4 Å². The summed E-state index contributed by atoms with van der Waals surface area (Å²) in [6, 6.07) is 35.7. The first-order valence-corrected chi connectivity index (χ1v) is 10.6. The zero-order valence-electron chi connectivity index (χ0n) is 17.5. The van der Waals surface area contributed by atoms with Crippen LogP contribution in [0.4, 0.5) is 0 Å². The Bertz CT molecular complexity index is 1340. The third-order valence-corrected chi connectivity index (χ3v) is 5.37. The van der Waals surface area contributed by atoms with Gasteiger partial charge in [-0.05, 0) is 47.5 Å². The number of ether oxygens (including phenoxy) is 1. The monoisotopic (exact) mass is 418 g/mol. The van der Waals surface area contributed by atoms with E-state index in [1.165, 1.54) is 5.56 Å². The molecule has 4 aromatic carbocycles. The lowest BCUT2D eigenvalue weighted by Crippen LogP contribution is -2.11. The third kappa shape index (κ3) is 4.30. The Morgan fingerprint density at radius 2 is 1.34 bits per heavy atom. The average Bonchev–Trinajstić information content (AvgIpc) is 3.19. The molecule has 0 fully saturated rings. The molecule has 156 valence electrons. The van der Waals surface area contributed by atoms with E-state index in [1.807, 2.05) is 91.0 Å². The minimum absolute atomic E-state index is 0.245. The summed E-state index contributed by atoms with van der Waals surface area (Å²) < 4.78 is 7.75. The van der Waals surface area contributed by atoms with E-state index in [4.69, 9.17) is 9.72 Å². The van der Waals surface area contributed by atoms with E-state index in [1.54, 1.807) is 0 Å². The highest BCUT2D eigenvalue weighted by atomic mass is 16.5. The number of rotatable bonds is 6. The van der Waals surface area contributed by atoms with Crippen LogP contribution in [-0.4, -0.2) is 15.5 Å². The Morgan fingerprint density at radius 3 is 2.06 bits per heavy atom. The van der Waals surface area contributed by atoms with Gasteiger partial charge in [0.2, 0.25) is 0 Å². The normalized spacial score (nSPS) is 10.9. The third-order valence-electron chi connectivity index (χ3n) is 5.37. The van der Waals surface area contributed by atoms with Gasteiger partial charge in [-0.15, -0.1) is 0 Å². The summed E-state index contributed by atoms with van der Waals surface area (Å²) in [6.07, 6.45) is 0.245.